The first-order valence-electron chi connectivity index (χ1n) is 10.3. The van der Waals surface area contributed by atoms with Crippen LogP contribution in [0.2, 0.25) is 0 Å². The molecule has 1 aliphatic carbocycles. The van der Waals surface area contributed by atoms with E-state index in [0.717, 1.165) is 36.9 Å². The quantitative estimate of drug-likeness (QED) is 0.793. The molecule has 3 aliphatic rings. The molecule has 1 saturated heterocycles. The van der Waals surface area contributed by atoms with E-state index >= 15 is 0 Å². The van der Waals surface area contributed by atoms with Gasteiger partial charge in [0.05, 0.1) is 24.3 Å². The van der Waals surface area contributed by atoms with E-state index in [0.29, 0.717) is 6.61 Å². The lowest BCUT2D eigenvalue weighted by molar-refractivity contribution is -0.192. The number of carbonyl (C=O) groups is 1. The van der Waals surface area contributed by atoms with Gasteiger partial charge >= 0.3 is 12.1 Å². The normalized spacial score (nSPS) is 23.2. The molecule has 9 heteroatoms. The molecule has 0 bridgehead atoms. The van der Waals surface area contributed by atoms with Crippen molar-refractivity contribution in [1.82, 2.24) is 14.9 Å². The fourth-order valence-corrected chi connectivity index (χ4v) is 4.21. The van der Waals surface area contributed by atoms with Gasteiger partial charge in [0, 0.05) is 30.4 Å². The Hall–Kier alpha value is -2.52. The minimum atomic E-state index is -5.08. The molecule has 1 aromatic carbocycles. The number of aliphatic carboxylic acids is 1. The first-order chi connectivity index (χ1) is 14.8. The number of carboxylic acid groups (broad SMARTS) is 1. The van der Waals surface area contributed by atoms with Crippen LogP contribution in [-0.4, -0.2) is 58.4 Å². The van der Waals surface area contributed by atoms with E-state index in [1.54, 1.807) is 0 Å². The second kappa shape index (κ2) is 8.55. The third-order valence-electron chi connectivity index (χ3n) is 5.92. The van der Waals surface area contributed by atoms with Gasteiger partial charge < -0.3 is 14.7 Å². The third kappa shape index (κ3) is 5.04. The number of alkyl halides is 3. The van der Waals surface area contributed by atoms with Crippen molar-refractivity contribution in [2.45, 2.75) is 37.5 Å². The minimum Gasteiger partial charge on any atom is -0.475 e. The Morgan fingerprint density at radius 2 is 1.97 bits per heavy atom. The molecule has 1 aromatic heterocycles. The second-order valence-corrected chi connectivity index (χ2v) is 8.44. The Bertz CT molecular complexity index is 935. The topological polar surface area (TPSA) is 75.5 Å². The first kappa shape index (κ1) is 21.7. The van der Waals surface area contributed by atoms with Gasteiger partial charge in [-0.25, -0.2) is 14.8 Å². The van der Waals surface area contributed by atoms with Crippen LogP contribution in [0.15, 0.2) is 36.5 Å². The summed E-state index contributed by atoms with van der Waals surface area (Å²) >= 11 is 0. The van der Waals surface area contributed by atoms with Crippen LogP contribution >= 0.6 is 0 Å². The van der Waals surface area contributed by atoms with Crippen molar-refractivity contribution < 1.29 is 27.8 Å². The predicted octanol–water partition coefficient (Wildman–Crippen LogP) is 3.66. The number of carboxylic acids is 1. The van der Waals surface area contributed by atoms with E-state index in [1.807, 2.05) is 24.4 Å². The molecule has 0 radical (unpaired) electrons. The number of fused-ring (bicyclic) bond motifs is 2. The van der Waals surface area contributed by atoms with Crippen LogP contribution in [-0.2, 0) is 21.6 Å². The minimum absolute atomic E-state index is 0.0644. The van der Waals surface area contributed by atoms with Crippen LogP contribution in [0.25, 0.3) is 11.4 Å². The van der Waals surface area contributed by atoms with Crippen molar-refractivity contribution in [3.05, 3.63) is 47.8 Å². The zero-order valence-electron chi connectivity index (χ0n) is 16.9. The molecule has 2 aliphatic heterocycles. The van der Waals surface area contributed by atoms with Gasteiger partial charge in [-0.2, -0.15) is 13.2 Å². The molecule has 1 N–H and O–H groups in total. The summed E-state index contributed by atoms with van der Waals surface area (Å²) in [5.74, 6) is -0.974. The van der Waals surface area contributed by atoms with Crippen LogP contribution in [0.5, 0.6) is 0 Å². The molecule has 166 valence electrons. The maximum Gasteiger partial charge on any atom is 0.490 e. The lowest BCUT2D eigenvalue weighted by atomic mass is 9.80. The summed E-state index contributed by atoms with van der Waals surface area (Å²) in [6.07, 6.45) is 0.876. The highest BCUT2D eigenvalue weighted by Crippen LogP contribution is 2.41. The van der Waals surface area contributed by atoms with Gasteiger partial charge in [0.25, 0.3) is 0 Å². The molecule has 1 atom stereocenters. The Kier molecular flexibility index (Phi) is 5.98. The van der Waals surface area contributed by atoms with E-state index in [4.69, 9.17) is 19.6 Å². The molecule has 3 heterocycles. The maximum atomic E-state index is 10.6. The largest absolute Gasteiger partial charge is 0.490 e. The Balaban J connectivity index is 0.000000289. The monoisotopic (exact) mass is 435 g/mol. The highest BCUT2D eigenvalue weighted by Gasteiger charge is 2.45. The van der Waals surface area contributed by atoms with Crippen molar-refractivity contribution in [1.29, 1.82) is 0 Å². The molecular weight excluding hydrogens is 411 g/mol. The molecule has 5 rings (SSSR count). The number of halogens is 3. The van der Waals surface area contributed by atoms with Gasteiger partial charge in [0.1, 0.15) is 0 Å². The molecule has 1 unspecified atom stereocenters. The van der Waals surface area contributed by atoms with Gasteiger partial charge in [0.15, 0.2) is 5.82 Å². The summed E-state index contributed by atoms with van der Waals surface area (Å²) in [5.41, 5.74) is 3.57. The molecular formula is C22H24F3N3O3. The number of rotatable bonds is 3. The van der Waals surface area contributed by atoms with Crippen LogP contribution in [0.3, 0.4) is 0 Å². The van der Waals surface area contributed by atoms with Crippen molar-refractivity contribution in [2.75, 3.05) is 26.2 Å². The summed E-state index contributed by atoms with van der Waals surface area (Å²) in [4.78, 5) is 21.1. The smallest absolute Gasteiger partial charge is 0.475 e. The number of nitrogens with zero attached hydrogens (tertiary/aromatic N) is 3. The van der Waals surface area contributed by atoms with Crippen molar-refractivity contribution in [3.63, 3.8) is 0 Å². The van der Waals surface area contributed by atoms with Gasteiger partial charge in [0.2, 0.25) is 0 Å². The van der Waals surface area contributed by atoms with Crippen molar-refractivity contribution >= 4 is 5.97 Å². The fraction of sp³-hybridized carbons (Fsp3) is 0.500. The number of ether oxygens (including phenoxy) is 1. The molecule has 0 amide bonds. The lowest BCUT2D eigenvalue weighted by Crippen LogP contribution is -2.40. The van der Waals surface area contributed by atoms with Crippen LogP contribution in [0, 0.1) is 5.92 Å². The first-order valence-corrected chi connectivity index (χ1v) is 10.3. The van der Waals surface area contributed by atoms with E-state index in [2.05, 4.69) is 22.0 Å². The SMILES string of the molecule is O=C(O)C(F)(F)F.c1ccc(-c2ncc3c(n2)C2(CCN(CC4CC4)C2)COC3)cc1. The molecule has 1 saturated carbocycles. The number of aromatic nitrogens is 2. The number of hydrogen-bond acceptors (Lipinski definition) is 5. The summed E-state index contributed by atoms with van der Waals surface area (Å²) in [6.45, 7) is 4.96. The number of benzene rings is 1. The van der Waals surface area contributed by atoms with Gasteiger partial charge in [-0.3, -0.25) is 0 Å². The number of hydrogen-bond donors (Lipinski definition) is 1. The van der Waals surface area contributed by atoms with Gasteiger partial charge in [-0.15, -0.1) is 0 Å². The van der Waals surface area contributed by atoms with Crippen molar-refractivity contribution in [2.24, 2.45) is 5.92 Å². The highest BCUT2D eigenvalue weighted by atomic mass is 19.4. The Morgan fingerprint density at radius 3 is 2.61 bits per heavy atom. The lowest BCUT2D eigenvalue weighted by Gasteiger charge is -2.34. The summed E-state index contributed by atoms with van der Waals surface area (Å²) < 4.78 is 37.7. The van der Waals surface area contributed by atoms with Gasteiger partial charge in [-0.1, -0.05) is 30.3 Å². The van der Waals surface area contributed by atoms with Crippen LogP contribution < -0.4 is 0 Å². The zero-order valence-corrected chi connectivity index (χ0v) is 16.9. The van der Waals surface area contributed by atoms with E-state index in [1.165, 1.54) is 37.2 Å². The summed E-state index contributed by atoms with van der Waals surface area (Å²) in [7, 11) is 0. The molecule has 31 heavy (non-hydrogen) atoms. The van der Waals surface area contributed by atoms with Crippen molar-refractivity contribution in [3.8, 4) is 11.4 Å². The standard InChI is InChI=1S/C20H23N3O.C2HF3O2/c1-2-4-16(5-3-1)19-21-10-17-12-24-14-20(18(17)22-19)8-9-23(13-20)11-15-6-7-15;3-2(4,5)1(6)7/h1-5,10,15H,6-9,11-14H2;(H,6,7). The maximum absolute atomic E-state index is 10.6. The van der Waals surface area contributed by atoms with Crippen LogP contribution in [0.1, 0.15) is 30.5 Å². The summed E-state index contributed by atoms with van der Waals surface area (Å²) in [6, 6.07) is 10.3. The average molecular weight is 435 g/mol. The van der Waals surface area contributed by atoms with E-state index < -0.39 is 12.1 Å². The predicted molar refractivity (Wildman–Crippen MR) is 106 cm³/mol. The Labute approximate surface area is 178 Å². The average Bonchev–Trinajstić information content (AvgIpc) is 3.48. The van der Waals surface area contributed by atoms with Gasteiger partial charge in [-0.05, 0) is 31.7 Å². The summed E-state index contributed by atoms with van der Waals surface area (Å²) in [5, 5.41) is 7.12. The second-order valence-electron chi connectivity index (χ2n) is 8.44. The van der Waals surface area contributed by atoms with E-state index in [-0.39, 0.29) is 5.41 Å². The third-order valence-corrected chi connectivity index (χ3v) is 5.92. The zero-order chi connectivity index (χ0) is 22.1. The fourth-order valence-electron chi connectivity index (χ4n) is 4.21. The highest BCUT2D eigenvalue weighted by molar-refractivity contribution is 5.73. The molecule has 2 fully saturated rings. The molecule has 6 nitrogen and oxygen atoms in total. The molecule has 1 spiro atoms. The Morgan fingerprint density at radius 1 is 1.26 bits per heavy atom. The van der Waals surface area contributed by atoms with E-state index in [9.17, 15) is 13.2 Å². The number of likely N-dealkylation sites (tertiary alicyclic amines) is 1. The van der Waals surface area contributed by atoms with Crippen LogP contribution in [0.4, 0.5) is 13.2 Å². The molecule has 2 aromatic rings.